The van der Waals surface area contributed by atoms with E-state index in [1.165, 1.54) is 18.3 Å². The normalized spacial score (nSPS) is 18.8. The van der Waals surface area contributed by atoms with Gasteiger partial charge in [-0.05, 0) is 12.1 Å². The molecule has 2 rings (SSSR count). The van der Waals surface area contributed by atoms with Crippen LogP contribution in [0.15, 0.2) is 18.3 Å². The maximum atomic E-state index is 12.9. The summed E-state index contributed by atoms with van der Waals surface area (Å²) in [5.74, 6) is -3.20. The Morgan fingerprint density at radius 3 is 2.75 bits per heavy atom. The number of carbonyl (C=O) groups is 1. The van der Waals surface area contributed by atoms with Crippen molar-refractivity contribution in [2.75, 3.05) is 13.1 Å². The van der Waals surface area contributed by atoms with Crippen molar-refractivity contribution in [1.29, 1.82) is 0 Å². The average molecular weight is 247 g/mol. The van der Waals surface area contributed by atoms with Crippen molar-refractivity contribution in [2.45, 2.75) is 12.3 Å². The molecule has 1 saturated heterocycles. The van der Waals surface area contributed by atoms with Crippen LogP contribution in [0.2, 0.25) is 5.15 Å². The fourth-order valence-corrected chi connectivity index (χ4v) is 1.71. The van der Waals surface area contributed by atoms with Crippen LogP contribution in [0.1, 0.15) is 16.8 Å². The van der Waals surface area contributed by atoms with E-state index in [0.29, 0.717) is 0 Å². The summed E-state index contributed by atoms with van der Waals surface area (Å²) < 4.78 is 25.8. The van der Waals surface area contributed by atoms with Gasteiger partial charge in [-0.15, -0.1) is 0 Å². The van der Waals surface area contributed by atoms with Crippen molar-refractivity contribution in [1.82, 2.24) is 9.88 Å². The Morgan fingerprint density at radius 2 is 2.25 bits per heavy atom. The number of likely N-dealkylation sites (tertiary alicyclic amines) is 1. The van der Waals surface area contributed by atoms with E-state index in [2.05, 4.69) is 4.98 Å². The maximum Gasteiger partial charge on any atom is 0.267 e. The summed E-state index contributed by atoms with van der Waals surface area (Å²) >= 11 is 5.57. The Balaban J connectivity index is 2.12. The van der Waals surface area contributed by atoms with Crippen LogP contribution < -0.4 is 0 Å². The molecule has 0 aliphatic carbocycles. The van der Waals surface area contributed by atoms with E-state index in [4.69, 9.17) is 11.6 Å². The fourth-order valence-electron chi connectivity index (χ4n) is 1.59. The molecular weight excluding hydrogens is 238 g/mol. The van der Waals surface area contributed by atoms with Crippen LogP contribution in [0.5, 0.6) is 0 Å². The van der Waals surface area contributed by atoms with E-state index in [1.807, 2.05) is 0 Å². The molecule has 1 aliphatic rings. The molecular formula is C10H9ClF2N2O. The SMILES string of the molecule is O=C(c1ccc(Cl)nc1)N1CCC(F)(F)C1. The molecule has 86 valence electrons. The lowest BCUT2D eigenvalue weighted by molar-refractivity contribution is 0.0120. The molecule has 1 aliphatic heterocycles. The molecule has 3 nitrogen and oxygen atoms in total. The van der Waals surface area contributed by atoms with E-state index in [1.54, 1.807) is 0 Å². The van der Waals surface area contributed by atoms with Crippen molar-refractivity contribution in [3.8, 4) is 0 Å². The second kappa shape index (κ2) is 3.97. The minimum Gasteiger partial charge on any atom is -0.332 e. The van der Waals surface area contributed by atoms with E-state index in [0.717, 1.165) is 4.90 Å². The predicted molar refractivity (Wildman–Crippen MR) is 54.7 cm³/mol. The van der Waals surface area contributed by atoms with Gasteiger partial charge in [-0.3, -0.25) is 4.79 Å². The zero-order chi connectivity index (χ0) is 11.8. The molecule has 0 N–H and O–H groups in total. The fraction of sp³-hybridized carbons (Fsp3) is 0.400. The summed E-state index contributed by atoms with van der Waals surface area (Å²) in [6.45, 7) is -0.442. The summed E-state index contributed by atoms with van der Waals surface area (Å²) in [4.78, 5) is 16.6. The lowest BCUT2D eigenvalue weighted by Gasteiger charge is -2.15. The molecule has 0 saturated carbocycles. The van der Waals surface area contributed by atoms with E-state index < -0.39 is 18.4 Å². The Morgan fingerprint density at radius 1 is 1.50 bits per heavy atom. The number of hydrogen-bond acceptors (Lipinski definition) is 2. The monoisotopic (exact) mass is 246 g/mol. The molecule has 0 bridgehead atoms. The van der Waals surface area contributed by atoms with Crippen molar-refractivity contribution < 1.29 is 13.6 Å². The first-order chi connectivity index (χ1) is 7.48. The zero-order valence-corrected chi connectivity index (χ0v) is 9.05. The van der Waals surface area contributed by atoms with Crippen LogP contribution in [0.3, 0.4) is 0 Å². The quantitative estimate of drug-likeness (QED) is 0.712. The van der Waals surface area contributed by atoms with Gasteiger partial charge >= 0.3 is 0 Å². The van der Waals surface area contributed by atoms with Crippen LogP contribution in [0, 0.1) is 0 Å². The summed E-state index contributed by atoms with van der Waals surface area (Å²) in [5, 5.41) is 0.267. The highest BCUT2D eigenvalue weighted by atomic mass is 35.5. The molecule has 1 fully saturated rings. The largest absolute Gasteiger partial charge is 0.332 e. The van der Waals surface area contributed by atoms with Gasteiger partial charge in [-0.1, -0.05) is 11.6 Å². The smallest absolute Gasteiger partial charge is 0.267 e. The molecule has 0 radical (unpaired) electrons. The van der Waals surface area contributed by atoms with Gasteiger partial charge in [0.15, 0.2) is 0 Å². The number of carbonyl (C=O) groups excluding carboxylic acids is 1. The van der Waals surface area contributed by atoms with Crippen molar-refractivity contribution in [3.63, 3.8) is 0 Å². The average Bonchev–Trinajstić information content (AvgIpc) is 2.59. The molecule has 1 amide bonds. The second-order valence-corrected chi connectivity index (χ2v) is 4.09. The summed E-state index contributed by atoms with van der Waals surface area (Å²) in [6, 6.07) is 2.94. The predicted octanol–water partition coefficient (Wildman–Crippen LogP) is 2.22. The van der Waals surface area contributed by atoms with Gasteiger partial charge in [-0.2, -0.15) is 0 Å². The highest BCUT2D eigenvalue weighted by Crippen LogP contribution is 2.27. The van der Waals surface area contributed by atoms with Crippen LogP contribution in [-0.4, -0.2) is 34.8 Å². The van der Waals surface area contributed by atoms with Crippen LogP contribution in [0.25, 0.3) is 0 Å². The molecule has 0 atom stereocenters. The minimum absolute atomic E-state index is 0.0778. The number of hydrogen-bond donors (Lipinski definition) is 0. The number of alkyl halides is 2. The van der Waals surface area contributed by atoms with Gasteiger partial charge in [0.1, 0.15) is 5.15 Å². The first-order valence-corrected chi connectivity index (χ1v) is 5.14. The van der Waals surface area contributed by atoms with E-state index in [9.17, 15) is 13.6 Å². The topological polar surface area (TPSA) is 33.2 Å². The van der Waals surface area contributed by atoms with Gasteiger partial charge in [0.05, 0.1) is 12.1 Å². The molecule has 0 unspecified atom stereocenters. The lowest BCUT2D eigenvalue weighted by atomic mass is 10.2. The number of aromatic nitrogens is 1. The summed E-state index contributed by atoms with van der Waals surface area (Å²) in [6.07, 6.45) is 1.01. The molecule has 2 heterocycles. The molecule has 1 aromatic heterocycles. The summed E-state index contributed by atoms with van der Waals surface area (Å²) in [7, 11) is 0. The Hall–Kier alpha value is -1.23. The maximum absolute atomic E-state index is 12.9. The van der Waals surface area contributed by atoms with Crippen LogP contribution in [0.4, 0.5) is 8.78 Å². The summed E-state index contributed by atoms with van der Waals surface area (Å²) in [5.41, 5.74) is 0.280. The van der Waals surface area contributed by atoms with Crippen molar-refractivity contribution in [2.24, 2.45) is 0 Å². The third-order valence-electron chi connectivity index (χ3n) is 2.43. The first kappa shape index (κ1) is 11.3. The molecule has 0 aromatic carbocycles. The van der Waals surface area contributed by atoms with E-state index in [-0.39, 0.29) is 23.7 Å². The van der Waals surface area contributed by atoms with Gasteiger partial charge in [0, 0.05) is 19.2 Å². The Labute approximate surface area is 96.0 Å². The van der Waals surface area contributed by atoms with Gasteiger partial charge in [0.25, 0.3) is 11.8 Å². The van der Waals surface area contributed by atoms with Gasteiger partial charge in [-0.25, -0.2) is 13.8 Å². The highest BCUT2D eigenvalue weighted by Gasteiger charge is 2.40. The molecule has 16 heavy (non-hydrogen) atoms. The number of nitrogens with zero attached hydrogens (tertiary/aromatic N) is 2. The van der Waals surface area contributed by atoms with Gasteiger partial charge < -0.3 is 4.90 Å². The Bertz CT molecular complexity index is 408. The highest BCUT2D eigenvalue weighted by molar-refractivity contribution is 6.29. The number of halogens is 3. The number of rotatable bonds is 1. The standard InChI is InChI=1S/C10H9ClF2N2O/c11-8-2-1-7(5-14-8)9(16)15-4-3-10(12,13)6-15/h1-2,5H,3-4,6H2. The molecule has 1 aromatic rings. The third-order valence-corrected chi connectivity index (χ3v) is 2.65. The third kappa shape index (κ3) is 2.29. The second-order valence-electron chi connectivity index (χ2n) is 3.70. The van der Waals surface area contributed by atoms with Crippen molar-refractivity contribution >= 4 is 17.5 Å². The minimum atomic E-state index is -2.77. The zero-order valence-electron chi connectivity index (χ0n) is 8.29. The van der Waals surface area contributed by atoms with Crippen LogP contribution in [-0.2, 0) is 0 Å². The van der Waals surface area contributed by atoms with Crippen molar-refractivity contribution in [3.05, 3.63) is 29.0 Å². The number of amides is 1. The lowest BCUT2D eigenvalue weighted by Crippen LogP contribution is -2.31. The van der Waals surface area contributed by atoms with E-state index >= 15 is 0 Å². The molecule has 6 heteroatoms. The first-order valence-electron chi connectivity index (χ1n) is 4.77. The number of pyridine rings is 1. The Kier molecular flexibility index (Phi) is 2.80. The van der Waals surface area contributed by atoms with Crippen LogP contribution >= 0.6 is 11.6 Å². The molecule has 0 spiro atoms. The van der Waals surface area contributed by atoms with Gasteiger partial charge in [0.2, 0.25) is 0 Å².